The topological polar surface area (TPSA) is 73.5 Å². The van der Waals surface area contributed by atoms with Crippen LogP contribution in [0.5, 0.6) is 0 Å². The molecule has 70 valence electrons. The van der Waals surface area contributed by atoms with Crippen LogP contribution in [0.3, 0.4) is 0 Å². The molecule has 0 fully saturated rings. The van der Waals surface area contributed by atoms with E-state index in [1.165, 1.54) is 0 Å². The average molecular weight is 520 g/mol. The van der Waals surface area contributed by atoms with Crippen LogP contribution in [0.2, 0.25) is 0 Å². The van der Waals surface area contributed by atoms with Gasteiger partial charge in [-0.15, -0.1) is 0 Å². The molecule has 0 aromatic rings. The zero-order chi connectivity index (χ0) is 10.6. The Labute approximate surface area is 98.1 Å². The number of nitrogens with zero attached hydrogens (tertiary/aromatic N) is 1. The number of aliphatic hydroxyl groups excluding tert-OH is 1. The first-order valence-electron chi connectivity index (χ1n) is 3.29. The third kappa shape index (κ3) is 3.66. The molecule has 0 aliphatic carbocycles. The van der Waals surface area contributed by atoms with Crippen LogP contribution in [-0.2, 0) is 43.8 Å². The van der Waals surface area contributed by atoms with Gasteiger partial charge in [-0.2, -0.15) is 0 Å². The molecule has 0 saturated heterocycles. The maximum absolute atomic E-state index is 11.2. The number of carbonyl (C=O) groups excluding carboxylic acids is 1. The van der Waals surface area contributed by atoms with Gasteiger partial charge in [0.15, 0.2) is 0 Å². The Balaban J connectivity index is 4.93. The number of allylic oxidation sites excluding steroid dienone is 2. The first-order chi connectivity index (χ1) is 5.91. The van der Waals surface area contributed by atoms with Gasteiger partial charge in [-0.25, -0.2) is 0 Å². The van der Waals surface area contributed by atoms with Gasteiger partial charge in [0.05, 0.1) is 0 Å². The summed E-state index contributed by atoms with van der Waals surface area (Å²) in [6.45, 7) is 3.21. The molecule has 0 bridgehead atoms. The molecule has 0 radical (unpaired) electrons. The van der Waals surface area contributed by atoms with Gasteiger partial charge in [-0.05, 0) is 0 Å². The van der Waals surface area contributed by atoms with E-state index >= 15 is 0 Å². The van der Waals surface area contributed by atoms with Crippen molar-refractivity contribution in [2.75, 3.05) is 0 Å². The van der Waals surface area contributed by atoms with E-state index in [1.54, 1.807) is 13.8 Å². The molecule has 0 heterocycles. The van der Waals surface area contributed by atoms with E-state index in [1.807, 2.05) is 0 Å². The van der Waals surface area contributed by atoms with Crippen LogP contribution in [0.1, 0.15) is 13.8 Å². The van der Waals surface area contributed by atoms with Crippen molar-refractivity contribution >= 4 is 15.4 Å². The third-order valence-corrected chi connectivity index (χ3v) is 2.91. The molecule has 0 aromatic carbocycles. The van der Waals surface area contributed by atoms with E-state index in [0.717, 1.165) is 39.0 Å². The molecule has 13 heavy (non-hydrogen) atoms. The zero-order valence-corrected chi connectivity index (χ0v) is 13.0. The molecule has 0 aromatic heterocycles. The van der Waals surface area contributed by atoms with E-state index in [4.69, 9.17) is 5.41 Å². The second-order valence-electron chi connectivity index (χ2n) is 2.29. The van der Waals surface area contributed by atoms with Crippen molar-refractivity contribution in [1.82, 2.24) is 0 Å². The molecule has 6 heteroatoms. The predicted octanol–water partition coefficient (Wildman–Crippen LogP) is 0.834. The summed E-state index contributed by atoms with van der Waals surface area (Å²) in [4.78, 5) is 11.2. The number of hydrogen-bond donors (Lipinski definition) is 2. The molecule has 0 rings (SSSR count). The van der Waals surface area contributed by atoms with E-state index in [9.17, 15) is 9.90 Å². The first-order valence-corrected chi connectivity index (χ1v) is 6.07. The molecule has 0 aliphatic rings. The van der Waals surface area contributed by atoms with Crippen molar-refractivity contribution in [2.24, 2.45) is 3.50 Å². The van der Waals surface area contributed by atoms with Gasteiger partial charge >= 0.3 is 98.5 Å². The molecular weight excluding hydrogens is 512 g/mol. The Morgan fingerprint density at radius 2 is 1.92 bits per heavy atom. The number of rotatable bonds is 4. The van der Waals surface area contributed by atoms with Crippen LogP contribution in [0.25, 0.3) is 0 Å². The summed E-state index contributed by atoms with van der Waals surface area (Å²) in [6.07, 6.45) is 0. The number of ketones is 1. The summed E-state index contributed by atoms with van der Waals surface area (Å²) in [6, 6.07) is 0. The Morgan fingerprint density at radius 3 is 2.23 bits per heavy atom. The van der Waals surface area contributed by atoms with E-state index in [0.29, 0.717) is 9.59 Å². The van der Waals surface area contributed by atoms with E-state index < -0.39 is 5.78 Å². The van der Waals surface area contributed by atoms with Crippen LogP contribution in [0, 0.1) is 5.41 Å². The fourth-order valence-electron chi connectivity index (χ4n) is 0.508. The van der Waals surface area contributed by atoms with Gasteiger partial charge in [-0.3, -0.25) is 0 Å². The average Bonchev–Trinajstić information content (AvgIpc) is 2.12. The predicted molar refractivity (Wildman–Crippen MR) is 41.2 cm³/mol. The Kier molecular flexibility index (Phi) is 5.58. The van der Waals surface area contributed by atoms with Crippen LogP contribution in [-0.4, -0.2) is 20.5 Å². The molecular formula is C7H8N2O2W2. The van der Waals surface area contributed by atoms with Crippen LogP contribution in [0.4, 0.5) is 0 Å². The quantitative estimate of drug-likeness (QED) is 0.427. The van der Waals surface area contributed by atoms with Crippen molar-refractivity contribution in [3.05, 3.63) is 11.5 Å². The summed E-state index contributed by atoms with van der Waals surface area (Å²) in [5.74, 6) is -0.730. The summed E-state index contributed by atoms with van der Waals surface area (Å²) in [5, 5.41) is 16.7. The Hall–Kier alpha value is -0.0734. The maximum atomic E-state index is 11.2. The molecule has 0 spiro atoms. The van der Waals surface area contributed by atoms with Crippen molar-refractivity contribution in [3.8, 4) is 0 Å². The number of nitrogens with one attached hydrogen (secondary N) is 1. The van der Waals surface area contributed by atoms with Crippen LogP contribution < -0.4 is 0 Å². The number of Topliss-reactive ketones (excluding diaryl/α,β-unsaturated/α-hetero) is 1. The second kappa shape index (κ2) is 5.61. The van der Waals surface area contributed by atoms with Gasteiger partial charge in [-0.1, -0.05) is 0 Å². The number of carbonyl (C=O) groups is 1. The standard InChI is InChI=1S/C7H8N2O2.2W/c1-3-5(10)6(9)7(11)4(2)8;;/h9,11H,1-2H3;;. The van der Waals surface area contributed by atoms with Gasteiger partial charge < -0.3 is 0 Å². The first kappa shape index (κ1) is 12.9. The Bertz CT molecular complexity index is 320. The molecule has 0 saturated carbocycles. The molecule has 0 unspecified atom stereocenters. The van der Waals surface area contributed by atoms with E-state index in [-0.39, 0.29) is 11.5 Å². The minimum atomic E-state index is -0.412. The second-order valence-corrected chi connectivity index (χ2v) is 5.14. The van der Waals surface area contributed by atoms with E-state index in [2.05, 4.69) is 3.50 Å². The van der Waals surface area contributed by atoms with Crippen molar-refractivity contribution in [1.29, 1.82) is 5.41 Å². The van der Waals surface area contributed by atoms with Gasteiger partial charge in [0.2, 0.25) is 0 Å². The summed E-state index contributed by atoms with van der Waals surface area (Å²) < 4.78 is 4.33. The molecule has 4 nitrogen and oxygen atoms in total. The summed E-state index contributed by atoms with van der Waals surface area (Å²) >= 11 is 1.94. The Morgan fingerprint density at radius 1 is 1.46 bits per heavy atom. The van der Waals surface area contributed by atoms with Crippen molar-refractivity contribution in [3.63, 3.8) is 0 Å². The van der Waals surface area contributed by atoms with Gasteiger partial charge in [0.25, 0.3) is 0 Å². The number of aliphatic hydroxyl groups is 1. The van der Waals surface area contributed by atoms with Crippen LogP contribution >= 0.6 is 0 Å². The normalized spacial score (nSPS) is 11.5. The van der Waals surface area contributed by atoms with Crippen molar-refractivity contribution in [2.45, 2.75) is 13.8 Å². The SMILES string of the molecule is C[C](=[W])C(=O)C(=N)C(O)=C(C)[N]=[W]. The molecule has 0 atom stereocenters. The summed E-state index contributed by atoms with van der Waals surface area (Å²) in [5.41, 5.74) is -0.0281. The fourth-order valence-corrected chi connectivity index (χ4v) is 1.19. The molecule has 0 amide bonds. The third-order valence-electron chi connectivity index (χ3n) is 1.26. The molecule has 2 N–H and O–H groups in total. The van der Waals surface area contributed by atoms with Gasteiger partial charge in [0.1, 0.15) is 0 Å². The van der Waals surface area contributed by atoms with Gasteiger partial charge in [0, 0.05) is 0 Å². The molecule has 0 aliphatic heterocycles. The fraction of sp³-hybridized carbons (Fsp3) is 0.286. The number of hydrogen-bond acceptors (Lipinski definition) is 4. The van der Waals surface area contributed by atoms with Crippen LogP contribution in [0.15, 0.2) is 15.0 Å². The summed E-state index contributed by atoms with van der Waals surface area (Å²) in [7, 11) is 0. The van der Waals surface area contributed by atoms with Crippen molar-refractivity contribution < 1.29 is 48.9 Å². The minimum absolute atomic E-state index is 0.319. The monoisotopic (exact) mass is 520 g/mol. The zero-order valence-electron chi connectivity index (χ0n) is 7.12.